The highest BCUT2D eigenvalue weighted by molar-refractivity contribution is 5.36. The first-order chi connectivity index (χ1) is 8.74. The van der Waals surface area contributed by atoms with Gasteiger partial charge in [-0.25, -0.2) is 0 Å². The number of ether oxygens (including phenoxy) is 1. The summed E-state index contributed by atoms with van der Waals surface area (Å²) in [5.41, 5.74) is 1.94. The Morgan fingerprint density at radius 3 is 3.06 bits per heavy atom. The van der Waals surface area contributed by atoms with E-state index < -0.39 is 0 Å². The number of methoxy groups -OCH3 is 1. The number of fused-ring (bicyclic) bond motifs is 1. The molecule has 18 heavy (non-hydrogen) atoms. The second kappa shape index (κ2) is 4.58. The van der Waals surface area contributed by atoms with Gasteiger partial charge in [0.15, 0.2) is 0 Å². The third kappa shape index (κ3) is 1.83. The van der Waals surface area contributed by atoms with Gasteiger partial charge in [-0.05, 0) is 56.5 Å². The van der Waals surface area contributed by atoms with Crippen LogP contribution in [0, 0.1) is 5.92 Å². The minimum Gasteiger partial charge on any atom is -0.497 e. The first-order valence-corrected chi connectivity index (χ1v) is 7.08. The van der Waals surface area contributed by atoms with E-state index in [9.17, 15) is 0 Å². The van der Waals surface area contributed by atoms with Crippen molar-refractivity contribution in [3.05, 3.63) is 29.8 Å². The molecule has 0 aromatic heterocycles. The summed E-state index contributed by atoms with van der Waals surface area (Å²) in [4.78, 5) is 2.49. The zero-order chi connectivity index (χ0) is 12.6. The first-order valence-electron chi connectivity index (χ1n) is 7.08. The second-order valence-corrected chi connectivity index (χ2v) is 5.99. The van der Waals surface area contributed by atoms with Crippen LogP contribution in [0.25, 0.3) is 0 Å². The maximum absolute atomic E-state index is 5.40. The summed E-state index contributed by atoms with van der Waals surface area (Å²) < 4.78 is 5.40. The molecule has 0 bridgehead atoms. The molecule has 0 radical (unpaired) electrons. The average molecular weight is 245 g/mol. The minimum absolute atomic E-state index is 0.432. The second-order valence-electron chi connectivity index (χ2n) is 5.99. The fraction of sp³-hybridized carbons (Fsp3) is 0.625. The van der Waals surface area contributed by atoms with E-state index in [-0.39, 0.29) is 0 Å². The fourth-order valence-electron chi connectivity index (χ4n) is 4.05. The average Bonchev–Trinajstić information content (AvgIpc) is 2.83. The van der Waals surface area contributed by atoms with Crippen molar-refractivity contribution >= 4 is 0 Å². The van der Waals surface area contributed by atoms with Crippen molar-refractivity contribution in [2.24, 2.45) is 5.92 Å². The van der Waals surface area contributed by atoms with Crippen LogP contribution in [0.4, 0.5) is 0 Å². The highest BCUT2D eigenvalue weighted by Gasteiger charge is 2.46. The Balaban J connectivity index is 1.97. The van der Waals surface area contributed by atoms with Crippen LogP contribution in [0.2, 0.25) is 0 Å². The van der Waals surface area contributed by atoms with Crippen LogP contribution in [0.1, 0.15) is 31.2 Å². The summed E-state index contributed by atoms with van der Waals surface area (Å²) >= 11 is 0. The Bertz CT molecular complexity index is 431. The van der Waals surface area contributed by atoms with Crippen LogP contribution in [0.15, 0.2) is 24.3 Å². The maximum atomic E-state index is 5.40. The summed E-state index contributed by atoms with van der Waals surface area (Å²) in [6.07, 6.45) is 5.44. The van der Waals surface area contributed by atoms with Crippen molar-refractivity contribution in [2.45, 2.75) is 31.1 Å². The number of rotatable bonds is 2. The van der Waals surface area contributed by atoms with E-state index in [0.29, 0.717) is 5.41 Å². The van der Waals surface area contributed by atoms with Crippen LogP contribution in [0.5, 0.6) is 5.75 Å². The molecule has 2 heteroatoms. The van der Waals surface area contributed by atoms with Gasteiger partial charge in [0.25, 0.3) is 0 Å². The Morgan fingerprint density at radius 1 is 1.33 bits per heavy atom. The normalized spacial score (nSPS) is 32.2. The Hall–Kier alpha value is -1.02. The molecule has 1 aromatic rings. The highest BCUT2D eigenvalue weighted by Crippen LogP contribution is 2.50. The molecule has 1 saturated carbocycles. The molecule has 98 valence electrons. The van der Waals surface area contributed by atoms with Gasteiger partial charge in [0.2, 0.25) is 0 Å². The predicted molar refractivity (Wildman–Crippen MR) is 74.1 cm³/mol. The fourth-order valence-corrected chi connectivity index (χ4v) is 4.05. The van der Waals surface area contributed by atoms with E-state index in [4.69, 9.17) is 4.74 Å². The van der Waals surface area contributed by atoms with Crippen LogP contribution in [0.3, 0.4) is 0 Å². The summed E-state index contributed by atoms with van der Waals surface area (Å²) in [6.45, 7) is 2.49. The van der Waals surface area contributed by atoms with Crippen LogP contribution in [-0.4, -0.2) is 32.1 Å². The summed E-state index contributed by atoms with van der Waals surface area (Å²) in [5, 5.41) is 0. The van der Waals surface area contributed by atoms with Gasteiger partial charge in [-0.3, -0.25) is 0 Å². The van der Waals surface area contributed by atoms with Crippen molar-refractivity contribution in [3.8, 4) is 5.75 Å². The largest absolute Gasteiger partial charge is 0.497 e. The lowest BCUT2D eigenvalue weighted by molar-refractivity contribution is 0.133. The molecule has 0 spiro atoms. The molecule has 0 unspecified atom stereocenters. The Labute approximate surface area is 110 Å². The van der Waals surface area contributed by atoms with Gasteiger partial charge >= 0.3 is 0 Å². The molecule has 1 aromatic carbocycles. The van der Waals surface area contributed by atoms with E-state index in [2.05, 4.69) is 36.2 Å². The number of likely N-dealkylation sites (tertiary alicyclic amines) is 1. The lowest BCUT2D eigenvalue weighted by atomic mass is 9.68. The molecule has 2 fully saturated rings. The van der Waals surface area contributed by atoms with Crippen molar-refractivity contribution in [1.82, 2.24) is 4.90 Å². The molecule has 0 N–H and O–H groups in total. The van der Waals surface area contributed by atoms with Gasteiger partial charge in [-0.1, -0.05) is 18.6 Å². The molecule has 1 aliphatic carbocycles. The molecular weight excluding hydrogens is 222 g/mol. The summed E-state index contributed by atoms with van der Waals surface area (Å²) in [6, 6.07) is 8.78. The van der Waals surface area contributed by atoms with Crippen molar-refractivity contribution in [2.75, 3.05) is 27.2 Å². The third-order valence-electron chi connectivity index (χ3n) is 5.07. The molecule has 1 aliphatic heterocycles. The number of nitrogens with zero attached hydrogens (tertiary/aromatic N) is 1. The van der Waals surface area contributed by atoms with E-state index >= 15 is 0 Å². The van der Waals surface area contributed by atoms with E-state index in [1.165, 1.54) is 44.3 Å². The van der Waals surface area contributed by atoms with Gasteiger partial charge in [0, 0.05) is 12.0 Å². The van der Waals surface area contributed by atoms with Gasteiger partial charge in [-0.2, -0.15) is 0 Å². The molecule has 1 heterocycles. The van der Waals surface area contributed by atoms with Gasteiger partial charge in [-0.15, -0.1) is 0 Å². The quantitative estimate of drug-likeness (QED) is 0.794. The van der Waals surface area contributed by atoms with Gasteiger partial charge in [0.1, 0.15) is 5.75 Å². The van der Waals surface area contributed by atoms with Crippen LogP contribution in [-0.2, 0) is 5.41 Å². The molecule has 1 saturated heterocycles. The monoisotopic (exact) mass is 245 g/mol. The number of piperidine rings is 1. The standard InChI is InChI=1S/C16H23NO/c1-17-10-9-16(8-4-6-14(16)12-17)13-5-3-7-15(11-13)18-2/h3,5,7,11,14H,4,6,8-10,12H2,1-2H3/t14-,16-/m0/s1. The zero-order valence-corrected chi connectivity index (χ0v) is 11.5. The van der Waals surface area contributed by atoms with Crippen LogP contribution < -0.4 is 4.74 Å². The topological polar surface area (TPSA) is 12.5 Å². The minimum atomic E-state index is 0.432. The summed E-state index contributed by atoms with van der Waals surface area (Å²) in [5.74, 6) is 1.84. The smallest absolute Gasteiger partial charge is 0.119 e. The first kappa shape index (κ1) is 12.0. The number of hydrogen-bond donors (Lipinski definition) is 0. The summed E-state index contributed by atoms with van der Waals surface area (Å²) in [7, 11) is 4.02. The molecule has 2 atom stereocenters. The highest BCUT2D eigenvalue weighted by atomic mass is 16.5. The molecule has 3 rings (SSSR count). The van der Waals surface area contributed by atoms with E-state index in [0.717, 1.165) is 11.7 Å². The number of hydrogen-bond acceptors (Lipinski definition) is 2. The van der Waals surface area contributed by atoms with Crippen LogP contribution >= 0.6 is 0 Å². The Morgan fingerprint density at radius 2 is 2.22 bits per heavy atom. The van der Waals surface area contributed by atoms with Crippen molar-refractivity contribution < 1.29 is 4.74 Å². The lowest BCUT2D eigenvalue weighted by Gasteiger charge is -2.44. The molecule has 2 nitrogen and oxygen atoms in total. The molecule has 0 amide bonds. The van der Waals surface area contributed by atoms with Gasteiger partial charge in [0.05, 0.1) is 7.11 Å². The maximum Gasteiger partial charge on any atom is 0.119 e. The van der Waals surface area contributed by atoms with E-state index in [1.807, 2.05) is 0 Å². The molecule has 2 aliphatic rings. The Kier molecular flexibility index (Phi) is 3.06. The SMILES string of the molecule is COc1cccc([C@@]23CCC[C@H]2CN(C)CC3)c1. The molecular formula is C16H23NO. The zero-order valence-electron chi connectivity index (χ0n) is 11.5. The predicted octanol–water partition coefficient (Wildman–Crippen LogP) is 3.07. The number of benzene rings is 1. The third-order valence-corrected chi connectivity index (χ3v) is 5.07. The van der Waals surface area contributed by atoms with Crippen molar-refractivity contribution in [1.29, 1.82) is 0 Å². The lowest BCUT2D eigenvalue weighted by Crippen LogP contribution is -2.45. The van der Waals surface area contributed by atoms with Crippen molar-refractivity contribution in [3.63, 3.8) is 0 Å². The van der Waals surface area contributed by atoms with Gasteiger partial charge < -0.3 is 9.64 Å². The van der Waals surface area contributed by atoms with E-state index in [1.54, 1.807) is 7.11 Å².